The first-order valence-corrected chi connectivity index (χ1v) is 29.2. The van der Waals surface area contributed by atoms with Crippen molar-refractivity contribution in [3.05, 3.63) is 108 Å². The molecule has 432 valence electrons. The van der Waals surface area contributed by atoms with Gasteiger partial charge in [-0.3, -0.25) is 19.0 Å². The van der Waals surface area contributed by atoms with Gasteiger partial charge in [0.05, 0.1) is 47.2 Å². The molecule has 0 saturated carbocycles. The highest BCUT2D eigenvalue weighted by molar-refractivity contribution is 5.77. The van der Waals surface area contributed by atoms with Gasteiger partial charge >= 0.3 is 6.09 Å². The molecular formula is C63H86N14O4. The quantitative estimate of drug-likeness (QED) is 0.0934. The van der Waals surface area contributed by atoms with E-state index in [2.05, 4.69) is 133 Å². The van der Waals surface area contributed by atoms with Crippen LogP contribution in [0.4, 0.5) is 28.1 Å². The zero-order chi connectivity index (χ0) is 57.6. The molecular weight excluding hydrogens is 1020 g/mol. The van der Waals surface area contributed by atoms with Gasteiger partial charge in [-0.25, -0.2) is 24.7 Å². The first kappa shape index (κ1) is 58.4. The average molecular weight is 1100 g/mol. The summed E-state index contributed by atoms with van der Waals surface area (Å²) in [7, 11) is 0. The van der Waals surface area contributed by atoms with E-state index in [1.165, 1.54) is 16.7 Å². The van der Waals surface area contributed by atoms with Crippen LogP contribution < -0.4 is 16.0 Å². The lowest BCUT2D eigenvalue weighted by Crippen LogP contribution is -2.35. The highest BCUT2D eigenvalue weighted by atomic mass is 16.6. The molecule has 2 aromatic carbocycles. The van der Waals surface area contributed by atoms with Crippen LogP contribution in [0.1, 0.15) is 135 Å². The number of ether oxygens (including phenoxy) is 1. The van der Waals surface area contributed by atoms with Crippen LogP contribution in [0, 0.1) is 36.5 Å². The molecule has 4 saturated heterocycles. The smallest absolute Gasteiger partial charge is 0.410 e. The summed E-state index contributed by atoms with van der Waals surface area (Å²) in [6.07, 6.45) is 17.4. The van der Waals surface area contributed by atoms with Gasteiger partial charge in [-0.05, 0) is 149 Å². The topological polar surface area (TPSA) is 193 Å². The molecule has 0 bridgehead atoms. The third-order valence-corrected chi connectivity index (χ3v) is 16.6. The maximum atomic E-state index is 12.9. The van der Waals surface area contributed by atoms with E-state index in [9.17, 15) is 14.4 Å². The van der Waals surface area contributed by atoms with Crippen molar-refractivity contribution in [2.24, 2.45) is 22.7 Å². The molecule has 0 radical (unpaired) electrons. The number of rotatable bonds is 14. The van der Waals surface area contributed by atoms with Crippen molar-refractivity contribution in [3.8, 4) is 22.5 Å². The molecule has 4 aliphatic rings. The lowest BCUT2D eigenvalue weighted by molar-refractivity contribution is -0.131. The van der Waals surface area contributed by atoms with Gasteiger partial charge < -0.3 is 35.4 Å². The Kier molecular flexibility index (Phi) is 18.0. The van der Waals surface area contributed by atoms with E-state index < -0.39 is 5.60 Å². The molecule has 10 rings (SSSR count). The maximum Gasteiger partial charge on any atom is 0.410 e. The summed E-state index contributed by atoms with van der Waals surface area (Å²) in [5, 5.41) is 19.0. The van der Waals surface area contributed by atoms with Crippen LogP contribution in [0.2, 0.25) is 0 Å². The van der Waals surface area contributed by atoms with E-state index in [-0.39, 0.29) is 34.8 Å². The summed E-state index contributed by atoms with van der Waals surface area (Å²) in [5.74, 6) is 2.71. The fourth-order valence-corrected chi connectivity index (χ4v) is 11.4. The molecule has 0 spiro atoms. The summed E-state index contributed by atoms with van der Waals surface area (Å²) < 4.78 is 9.41. The Morgan fingerprint density at radius 1 is 0.605 bits per heavy atom. The summed E-state index contributed by atoms with van der Waals surface area (Å²) in [6.45, 7) is 30.2. The van der Waals surface area contributed by atoms with Crippen LogP contribution in [-0.4, -0.2) is 130 Å². The fraction of sp³-hybridized carbons (Fsp3) is 0.540. The maximum absolute atomic E-state index is 12.9. The summed E-state index contributed by atoms with van der Waals surface area (Å²) in [5.41, 5.74) is 10.1. The second-order valence-electron chi connectivity index (χ2n) is 25.9. The second kappa shape index (κ2) is 24.9. The Hall–Kier alpha value is -7.21. The lowest BCUT2D eigenvalue weighted by Gasteiger charge is -2.27. The first-order valence-electron chi connectivity index (χ1n) is 29.2. The van der Waals surface area contributed by atoms with Crippen LogP contribution in [0.25, 0.3) is 22.5 Å². The highest BCUT2D eigenvalue weighted by Gasteiger charge is 2.35. The highest BCUT2D eigenvalue weighted by Crippen LogP contribution is 2.36. The monoisotopic (exact) mass is 1100 g/mol. The number of carbonyl (C=O) groups is 3. The molecule has 3 N–H and O–H groups in total. The number of nitrogens with zero attached hydrogens (tertiary/aromatic N) is 11. The van der Waals surface area contributed by atoms with E-state index in [0.717, 1.165) is 117 Å². The largest absolute Gasteiger partial charge is 0.444 e. The lowest BCUT2D eigenvalue weighted by atomic mass is 9.80. The normalized spacial score (nSPS) is 19.4. The Labute approximate surface area is 479 Å². The van der Waals surface area contributed by atoms with Gasteiger partial charge in [-0.15, -0.1) is 0 Å². The number of hydrogen-bond acceptors (Lipinski definition) is 13. The Morgan fingerprint density at radius 2 is 1.09 bits per heavy atom. The molecule has 81 heavy (non-hydrogen) atoms. The molecule has 0 aliphatic carbocycles. The van der Waals surface area contributed by atoms with Gasteiger partial charge in [-0.2, -0.15) is 10.2 Å². The third-order valence-electron chi connectivity index (χ3n) is 16.6. The molecule has 8 heterocycles. The third kappa shape index (κ3) is 15.4. The summed E-state index contributed by atoms with van der Waals surface area (Å²) in [6, 6.07) is 17.0. The molecule has 4 aromatic heterocycles. The number of nitrogens with one attached hydrogen (secondary N) is 3. The van der Waals surface area contributed by atoms with Crippen molar-refractivity contribution in [2.75, 3.05) is 63.0 Å². The molecule has 18 nitrogen and oxygen atoms in total. The number of likely N-dealkylation sites (tertiary alicyclic amines) is 3. The molecule has 4 atom stereocenters. The predicted molar refractivity (Wildman–Crippen MR) is 318 cm³/mol. The Morgan fingerprint density at radius 3 is 1.52 bits per heavy atom. The first-order chi connectivity index (χ1) is 38.5. The van der Waals surface area contributed by atoms with E-state index in [4.69, 9.17) is 14.7 Å². The minimum atomic E-state index is -0.516. The number of hydrogen-bond donors (Lipinski definition) is 3. The number of carbonyl (C=O) groups excluding carboxylic acids is 3. The van der Waals surface area contributed by atoms with Gasteiger partial charge in [0.25, 0.3) is 0 Å². The second-order valence-corrected chi connectivity index (χ2v) is 25.9. The molecule has 3 amide bonds. The predicted octanol–water partition coefficient (Wildman–Crippen LogP) is 11.2. The molecule has 6 aromatic rings. The van der Waals surface area contributed by atoms with E-state index in [0.29, 0.717) is 55.7 Å². The number of aromatic nitrogens is 8. The van der Waals surface area contributed by atoms with Crippen molar-refractivity contribution in [1.29, 1.82) is 0 Å². The standard InChI is InChI=1S/C34H47N7O3.C29H39N7O/c1-23-18-25(9-8-24(23)10-11-30(42)39-16-13-26(20-39)33(2,3)4)29-12-15-35-31(38-29)37-27-19-36-41(21-27)28-14-17-40(22-28)32(43)44-34(5,6)7;1-20-15-22(6-5-21(20)7-8-27(37)35-14-11-23(18-35)29(2,3)4)26-10-13-31-28(34-26)33-24-16-32-36(19-24)25-9-12-30-17-25/h8-9,12,15,18-19,21,26,28H,10-11,13-14,16-17,20,22H2,1-7H3,(H,35,37,38);5-6,10,13,15-16,19,23,25,30H,7-9,11-12,14,17-18H2,1-4H3,(H,31,33,34)/t26?,28-;23?,25-/m00/s1. The molecule has 18 heteroatoms. The van der Waals surface area contributed by atoms with Crippen LogP contribution >= 0.6 is 0 Å². The van der Waals surface area contributed by atoms with Crippen LogP contribution in [0.15, 0.2) is 85.7 Å². The van der Waals surface area contributed by atoms with Gasteiger partial charge in [0.2, 0.25) is 23.7 Å². The summed E-state index contributed by atoms with van der Waals surface area (Å²) in [4.78, 5) is 62.4. The van der Waals surface area contributed by atoms with Gasteiger partial charge in [0.15, 0.2) is 0 Å². The minimum absolute atomic E-state index is 0.0814. The van der Waals surface area contributed by atoms with Crippen LogP contribution in [0.5, 0.6) is 0 Å². The number of amides is 3. The van der Waals surface area contributed by atoms with Crippen molar-refractivity contribution < 1.29 is 19.1 Å². The van der Waals surface area contributed by atoms with Crippen molar-refractivity contribution in [1.82, 2.24) is 59.5 Å². The van der Waals surface area contributed by atoms with E-state index in [1.54, 1.807) is 23.5 Å². The van der Waals surface area contributed by atoms with Gasteiger partial charge in [0.1, 0.15) is 5.60 Å². The zero-order valence-electron chi connectivity index (χ0n) is 49.8. The number of anilines is 4. The van der Waals surface area contributed by atoms with E-state index in [1.807, 2.05) is 65.8 Å². The van der Waals surface area contributed by atoms with Crippen LogP contribution in [0.3, 0.4) is 0 Å². The minimum Gasteiger partial charge on any atom is -0.444 e. The number of benzene rings is 2. The summed E-state index contributed by atoms with van der Waals surface area (Å²) >= 11 is 0. The zero-order valence-corrected chi connectivity index (χ0v) is 49.8. The van der Waals surface area contributed by atoms with Crippen molar-refractivity contribution >= 4 is 41.2 Å². The van der Waals surface area contributed by atoms with Crippen LogP contribution in [-0.2, 0) is 27.2 Å². The SMILES string of the molecule is Cc1cc(-c2ccnc(Nc3cnn([C@H]4CCN(C(=O)OC(C)(C)C)C4)c3)n2)ccc1CCC(=O)N1CCC(C(C)(C)C)C1.Cc1cc(-c2ccnc(Nc3cnn([C@H]4CCNC4)c3)n2)ccc1CCC(=O)N1CCC(C(C)(C)C)C1. The van der Waals surface area contributed by atoms with Gasteiger partial charge in [-0.1, -0.05) is 65.8 Å². The number of aryl methyl sites for hydroxylation is 4. The van der Waals surface area contributed by atoms with Crippen molar-refractivity contribution in [2.45, 2.75) is 145 Å². The molecule has 4 fully saturated rings. The average Bonchev–Trinajstić information content (AvgIpc) is 4.33. The Balaban J connectivity index is 0.000000198. The Bertz CT molecular complexity index is 3140. The fourth-order valence-electron chi connectivity index (χ4n) is 11.4. The van der Waals surface area contributed by atoms with E-state index >= 15 is 0 Å². The molecule has 2 unspecified atom stereocenters. The van der Waals surface area contributed by atoms with Crippen molar-refractivity contribution in [3.63, 3.8) is 0 Å². The molecule has 4 aliphatic heterocycles. The van der Waals surface area contributed by atoms with Gasteiger partial charge in [0, 0.05) is 94.6 Å².